The van der Waals surface area contributed by atoms with E-state index in [0.717, 1.165) is 55.5 Å². The van der Waals surface area contributed by atoms with Crippen molar-refractivity contribution in [2.24, 2.45) is 0 Å². The van der Waals surface area contributed by atoms with Gasteiger partial charge in [-0.15, -0.1) is 12.4 Å². The molecule has 6 heteroatoms. The lowest BCUT2D eigenvalue weighted by Gasteiger charge is -2.10. The van der Waals surface area contributed by atoms with Crippen LogP contribution in [-0.4, -0.2) is 40.4 Å². The van der Waals surface area contributed by atoms with Gasteiger partial charge in [0, 0.05) is 5.02 Å². The van der Waals surface area contributed by atoms with E-state index in [-0.39, 0.29) is 12.4 Å². The number of nitrogens with one attached hydrogen (secondary N) is 2. The van der Waals surface area contributed by atoms with Crippen LogP contribution in [0.1, 0.15) is 36.8 Å². The Morgan fingerprint density at radius 1 is 0.667 bits per heavy atom. The van der Waals surface area contributed by atoms with Crippen LogP contribution in [0.15, 0.2) is 42.5 Å². The van der Waals surface area contributed by atoms with Crippen LogP contribution in [0.25, 0.3) is 0 Å². The Kier molecular flexibility index (Phi) is 14.4. The van der Waals surface area contributed by atoms with E-state index in [1.807, 2.05) is 18.2 Å². The summed E-state index contributed by atoms with van der Waals surface area (Å²) in [4.78, 5) is 0. The highest BCUT2D eigenvalue weighted by Gasteiger charge is 2.04. The van der Waals surface area contributed by atoms with E-state index in [9.17, 15) is 0 Å². The third-order valence-corrected chi connectivity index (χ3v) is 5.23. The van der Waals surface area contributed by atoms with Gasteiger partial charge < -0.3 is 20.1 Å². The molecule has 0 bridgehead atoms. The fourth-order valence-corrected chi connectivity index (χ4v) is 3.39. The van der Waals surface area contributed by atoms with Crippen molar-refractivity contribution in [2.45, 2.75) is 38.5 Å². The van der Waals surface area contributed by atoms with Crippen molar-refractivity contribution in [1.29, 1.82) is 0 Å². The van der Waals surface area contributed by atoms with Gasteiger partial charge in [0.05, 0.1) is 14.2 Å². The standard InChI is InChI=1S/C24H35ClN2O2.ClH/c1-28-23-13-10-21(19-24(23)29-2)14-18-27-16-5-3-4-15-26-17-6-7-20-8-11-22(25)12-9-20;/h8-13,19,26-27H,3-7,14-18H2,1-2H3;1H. The molecule has 0 aliphatic rings. The van der Waals surface area contributed by atoms with Crippen LogP contribution in [-0.2, 0) is 12.8 Å². The van der Waals surface area contributed by atoms with E-state index >= 15 is 0 Å². The largest absolute Gasteiger partial charge is 0.493 e. The number of unbranched alkanes of at least 4 members (excludes halogenated alkanes) is 2. The SMILES string of the molecule is COc1ccc(CCNCCCCCNCCCc2ccc(Cl)cc2)cc1OC.Cl. The first-order chi connectivity index (χ1) is 14.2. The molecule has 0 spiro atoms. The zero-order chi connectivity index (χ0) is 20.7. The Balaban J connectivity index is 0.00000450. The molecule has 2 N–H and O–H groups in total. The first kappa shape index (κ1) is 26.6. The summed E-state index contributed by atoms with van der Waals surface area (Å²) in [6, 6.07) is 14.3. The summed E-state index contributed by atoms with van der Waals surface area (Å²) in [7, 11) is 3.34. The van der Waals surface area contributed by atoms with E-state index < -0.39 is 0 Å². The number of benzene rings is 2. The summed E-state index contributed by atoms with van der Waals surface area (Å²) in [5.74, 6) is 1.58. The predicted octanol–water partition coefficient (Wildman–Crippen LogP) is 5.30. The van der Waals surface area contributed by atoms with Crippen molar-refractivity contribution in [1.82, 2.24) is 10.6 Å². The number of methoxy groups -OCH3 is 2. The summed E-state index contributed by atoms with van der Waals surface area (Å²) in [6.07, 6.45) is 6.98. The van der Waals surface area contributed by atoms with E-state index in [1.165, 1.54) is 36.8 Å². The number of halogens is 2. The third-order valence-electron chi connectivity index (χ3n) is 4.98. The molecule has 30 heavy (non-hydrogen) atoms. The Morgan fingerprint density at radius 3 is 1.93 bits per heavy atom. The van der Waals surface area contributed by atoms with Crippen molar-refractivity contribution in [3.05, 3.63) is 58.6 Å². The van der Waals surface area contributed by atoms with E-state index in [0.29, 0.717) is 0 Å². The molecule has 0 radical (unpaired) electrons. The lowest BCUT2D eigenvalue weighted by molar-refractivity contribution is 0.354. The van der Waals surface area contributed by atoms with Gasteiger partial charge in [0.15, 0.2) is 11.5 Å². The van der Waals surface area contributed by atoms with Crippen molar-refractivity contribution in [2.75, 3.05) is 40.4 Å². The number of aryl methyl sites for hydroxylation is 1. The van der Waals surface area contributed by atoms with Crippen LogP contribution >= 0.6 is 24.0 Å². The fourth-order valence-electron chi connectivity index (χ4n) is 3.26. The van der Waals surface area contributed by atoms with Crippen LogP contribution in [0.3, 0.4) is 0 Å². The zero-order valence-corrected chi connectivity index (χ0v) is 19.8. The fraction of sp³-hybridized carbons (Fsp3) is 0.500. The monoisotopic (exact) mass is 454 g/mol. The van der Waals surface area contributed by atoms with Gasteiger partial charge in [-0.05, 0) is 93.7 Å². The van der Waals surface area contributed by atoms with Gasteiger partial charge in [-0.2, -0.15) is 0 Å². The average Bonchev–Trinajstić information content (AvgIpc) is 2.75. The van der Waals surface area contributed by atoms with Gasteiger partial charge in [-0.1, -0.05) is 36.2 Å². The number of hydrogen-bond acceptors (Lipinski definition) is 4. The molecule has 0 atom stereocenters. The molecule has 0 aliphatic carbocycles. The average molecular weight is 455 g/mol. The van der Waals surface area contributed by atoms with Gasteiger partial charge in [-0.25, -0.2) is 0 Å². The molecule has 0 saturated heterocycles. The van der Waals surface area contributed by atoms with Crippen LogP contribution in [0.5, 0.6) is 11.5 Å². The maximum Gasteiger partial charge on any atom is 0.160 e. The van der Waals surface area contributed by atoms with Crippen molar-refractivity contribution in [3.63, 3.8) is 0 Å². The van der Waals surface area contributed by atoms with Crippen LogP contribution in [0, 0.1) is 0 Å². The summed E-state index contributed by atoms with van der Waals surface area (Å²) in [5, 5.41) is 7.88. The Labute approximate surface area is 193 Å². The first-order valence-corrected chi connectivity index (χ1v) is 11.0. The van der Waals surface area contributed by atoms with Gasteiger partial charge in [-0.3, -0.25) is 0 Å². The Hall–Kier alpha value is -1.46. The molecule has 2 aromatic rings. The molecule has 168 valence electrons. The molecule has 2 aromatic carbocycles. The molecule has 0 aliphatic heterocycles. The first-order valence-electron chi connectivity index (χ1n) is 10.6. The number of rotatable bonds is 15. The van der Waals surface area contributed by atoms with Gasteiger partial charge >= 0.3 is 0 Å². The zero-order valence-electron chi connectivity index (χ0n) is 18.2. The highest BCUT2D eigenvalue weighted by molar-refractivity contribution is 6.30. The third kappa shape index (κ3) is 10.5. The minimum atomic E-state index is 0. The predicted molar refractivity (Wildman–Crippen MR) is 130 cm³/mol. The molecule has 0 heterocycles. The second-order valence-electron chi connectivity index (χ2n) is 7.23. The van der Waals surface area contributed by atoms with E-state index in [2.05, 4.69) is 34.9 Å². The van der Waals surface area contributed by atoms with Crippen molar-refractivity contribution in [3.8, 4) is 11.5 Å². The molecule has 4 nitrogen and oxygen atoms in total. The lowest BCUT2D eigenvalue weighted by Crippen LogP contribution is -2.20. The number of ether oxygens (including phenoxy) is 2. The van der Waals surface area contributed by atoms with Gasteiger partial charge in [0.2, 0.25) is 0 Å². The molecule has 0 amide bonds. The topological polar surface area (TPSA) is 42.5 Å². The van der Waals surface area contributed by atoms with E-state index in [4.69, 9.17) is 21.1 Å². The van der Waals surface area contributed by atoms with Crippen LogP contribution < -0.4 is 20.1 Å². The summed E-state index contributed by atoms with van der Waals surface area (Å²) in [5.41, 5.74) is 2.62. The van der Waals surface area contributed by atoms with Crippen LogP contribution in [0.4, 0.5) is 0 Å². The molecular formula is C24H36Cl2N2O2. The summed E-state index contributed by atoms with van der Waals surface area (Å²) < 4.78 is 10.6. The van der Waals surface area contributed by atoms with Crippen LogP contribution in [0.2, 0.25) is 5.02 Å². The summed E-state index contributed by atoms with van der Waals surface area (Å²) >= 11 is 5.91. The summed E-state index contributed by atoms with van der Waals surface area (Å²) in [6.45, 7) is 4.24. The van der Waals surface area contributed by atoms with Crippen molar-refractivity contribution < 1.29 is 9.47 Å². The molecule has 0 fully saturated rings. The Morgan fingerprint density at radius 2 is 1.27 bits per heavy atom. The lowest BCUT2D eigenvalue weighted by atomic mass is 10.1. The maximum atomic E-state index is 5.91. The molecule has 0 saturated carbocycles. The highest BCUT2D eigenvalue weighted by atomic mass is 35.5. The smallest absolute Gasteiger partial charge is 0.160 e. The second-order valence-corrected chi connectivity index (χ2v) is 7.67. The normalized spacial score (nSPS) is 10.5. The minimum Gasteiger partial charge on any atom is -0.493 e. The quantitative estimate of drug-likeness (QED) is 0.358. The van der Waals surface area contributed by atoms with Gasteiger partial charge in [0.25, 0.3) is 0 Å². The van der Waals surface area contributed by atoms with Gasteiger partial charge in [0.1, 0.15) is 0 Å². The van der Waals surface area contributed by atoms with E-state index in [1.54, 1.807) is 14.2 Å². The minimum absolute atomic E-state index is 0. The molecular weight excluding hydrogens is 419 g/mol. The van der Waals surface area contributed by atoms with Crippen molar-refractivity contribution >= 4 is 24.0 Å². The molecule has 0 aromatic heterocycles. The Bertz CT molecular complexity index is 696. The molecule has 2 rings (SSSR count). The highest BCUT2D eigenvalue weighted by Crippen LogP contribution is 2.27. The number of hydrogen-bond donors (Lipinski definition) is 2. The molecule has 0 unspecified atom stereocenters. The second kappa shape index (κ2) is 16.3. The maximum absolute atomic E-state index is 5.91.